The number of hydrogen-bond donors (Lipinski definition) is 0. The van der Waals surface area contributed by atoms with Crippen LogP contribution >= 0.6 is 11.6 Å². The quantitative estimate of drug-likeness (QED) is 0.439. The van der Waals surface area contributed by atoms with Crippen LogP contribution in [0.4, 0.5) is 0 Å². The molecule has 2 heteroatoms. The van der Waals surface area contributed by atoms with Gasteiger partial charge in [0.05, 0.1) is 0 Å². The first-order valence-corrected chi connectivity index (χ1v) is 10.2. The third-order valence-electron chi connectivity index (χ3n) is 5.57. The van der Waals surface area contributed by atoms with Gasteiger partial charge in [-0.25, -0.2) is 0 Å². The highest BCUT2D eigenvalue weighted by Crippen LogP contribution is 2.42. The highest BCUT2D eigenvalue weighted by atomic mass is 35.5. The SMILES string of the molecule is O=C1C2=C/CC/C=C/C=C\2c2cccc(-c3ccc(-c4ccc(Cl)cc4)cc3)c21. The molecule has 29 heavy (non-hydrogen) atoms. The van der Waals surface area contributed by atoms with Crippen molar-refractivity contribution in [2.45, 2.75) is 12.8 Å². The molecule has 0 heterocycles. The van der Waals surface area contributed by atoms with E-state index in [0.717, 1.165) is 62.4 Å². The summed E-state index contributed by atoms with van der Waals surface area (Å²) in [5.74, 6) is 0.138. The maximum atomic E-state index is 13.3. The van der Waals surface area contributed by atoms with Gasteiger partial charge in [-0.3, -0.25) is 4.79 Å². The third-order valence-corrected chi connectivity index (χ3v) is 5.82. The number of fused-ring (bicyclic) bond motifs is 3. The highest BCUT2D eigenvalue weighted by molar-refractivity contribution is 6.30. The standard InChI is InChI=1S/C27H19ClO/c28-21-16-14-19(15-17-21)18-10-12-20(13-11-18)22-8-5-9-24-23-6-3-1-2-4-7-25(23)27(29)26(22)24/h1,3,5-17H,2,4H2/b3-1+,23-6-,25-7+. The first-order valence-electron chi connectivity index (χ1n) is 9.84. The molecule has 0 aromatic heterocycles. The number of Topliss-reactive ketones (excluding diaryl/α,β-unsaturated/α-hetero) is 1. The molecule has 0 bridgehead atoms. The van der Waals surface area contributed by atoms with E-state index in [1.165, 1.54) is 0 Å². The minimum atomic E-state index is 0.138. The topological polar surface area (TPSA) is 17.1 Å². The zero-order valence-corrected chi connectivity index (χ0v) is 16.6. The third kappa shape index (κ3) is 3.18. The summed E-state index contributed by atoms with van der Waals surface area (Å²) >= 11 is 6.00. The van der Waals surface area contributed by atoms with E-state index in [4.69, 9.17) is 11.6 Å². The Balaban J connectivity index is 1.58. The van der Waals surface area contributed by atoms with Crippen molar-refractivity contribution in [3.63, 3.8) is 0 Å². The molecular weight excluding hydrogens is 376 g/mol. The molecule has 2 aliphatic rings. The van der Waals surface area contributed by atoms with Crippen molar-refractivity contribution in [2.75, 3.05) is 0 Å². The van der Waals surface area contributed by atoms with Crippen molar-refractivity contribution in [2.24, 2.45) is 0 Å². The van der Waals surface area contributed by atoms with Crippen molar-refractivity contribution in [1.29, 1.82) is 0 Å². The second kappa shape index (κ2) is 7.35. The second-order valence-corrected chi connectivity index (χ2v) is 7.78. The summed E-state index contributed by atoms with van der Waals surface area (Å²) in [5.41, 5.74) is 8.03. The summed E-state index contributed by atoms with van der Waals surface area (Å²) in [7, 11) is 0. The predicted octanol–water partition coefficient (Wildman–Crippen LogP) is 7.53. The highest BCUT2D eigenvalue weighted by Gasteiger charge is 2.31. The van der Waals surface area contributed by atoms with Crippen molar-refractivity contribution in [3.05, 3.63) is 113 Å². The first-order chi connectivity index (χ1) is 14.2. The number of rotatable bonds is 2. The van der Waals surface area contributed by atoms with Crippen LogP contribution < -0.4 is 0 Å². The summed E-state index contributed by atoms with van der Waals surface area (Å²) in [5, 5.41) is 0.732. The monoisotopic (exact) mass is 394 g/mol. The number of benzene rings is 3. The minimum Gasteiger partial charge on any atom is -0.289 e. The fourth-order valence-electron chi connectivity index (χ4n) is 4.12. The van der Waals surface area contributed by atoms with Gasteiger partial charge in [-0.2, -0.15) is 0 Å². The number of ketones is 1. The van der Waals surface area contributed by atoms with Gasteiger partial charge in [-0.15, -0.1) is 0 Å². The molecule has 1 nitrogen and oxygen atoms in total. The fourth-order valence-corrected chi connectivity index (χ4v) is 4.24. The molecule has 0 spiro atoms. The second-order valence-electron chi connectivity index (χ2n) is 7.35. The summed E-state index contributed by atoms with van der Waals surface area (Å²) in [6.07, 6.45) is 10.2. The van der Waals surface area contributed by atoms with E-state index in [1.54, 1.807) is 0 Å². The van der Waals surface area contributed by atoms with E-state index in [0.29, 0.717) is 0 Å². The molecule has 0 fully saturated rings. The molecule has 0 saturated heterocycles. The van der Waals surface area contributed by atoms with Gasteiger partial charge in [-0.1, -0.05) is 90.5 Å². The molecule has 0 atom stereocenters. The van der Waals surface area contributed by atoms with Crippen LogP contribution in [0.2, 0.25) is 5.02 Å². The number of halogens is 1. The number of hydrogen-bond acceptors (Lipinski definition) is 1. The lowest BCUT2D eigenvalue weighted by molar-refractivity contribution is 0.104. The minimum absolute atomic E-state index is 0.138. The van der Waals surface area contributed by atoms with Gasteiger partial charge in [0, 0.05) is 16.2 Å². The van der Waals surface area contributed by atoms with E-state index in [1.807, 2.05) is 36.4 Å². The molecule has 0 N–H and O–H groups in total. The molecule has 0 saturated carbocycles. The zero-order valence-electron chi connectivity index (χ0n) is 15.9. The van der Waals surface area contributed by atoms with E-state index < -0.39 is 0 Å². The first kappa shape index (κ1) is 17.9. The summed E-state index contributed by atoms with van der Waals surface area (Å²) < 4.78 is 0. The number of allylic oxidation sites excluding steroid dienone is 6. The molecule has 5 rings (SSSR count). The van der Waals surface area contributed by atoms with Crippen LogP contribution in [0.15, 0.2) is 96.6 Å². The van der Waals surface area contributed by atoms with Gasteiger partial charge in [0.2, 0.25) is 0 Å². The molecule has 0 aliphatic heterocycles. The summed E-state index contributed by atoms with van der Waals surface area (Å²) in [6.45, 7) is 0. The van der Waals surface area contributed by atoms with Crippen molar-refractivity contribution >= 4 is 23.0 Å². The van der Waals surface area contributed by atoms with Gasteiger partial charge < -0.3 is 0 Å². The van der Waals surface area contributed by atoms with E-state index >= 15 is 0 Å². The van der Waals surface area contributed by atoms with Crippen molar-refractivity contribution < 1.29 is 4.79 Å². The van der Waals surface area contributed by atoms with Gasteiger partial charge >= 0.3 is 0 Å². The Morgan fingerprint density at radius 3 is 2.10 bits per heavy atom. The smallest absolute Gasteiger partial charge is 0.194 e. The number of carbonyl (C=O) groups excluding carboxylic acids is 1. The van der Waals surface area contributed by atoms with Crippen molar-refractivity contribution in [1.82, 2.24) is 0 Å². The van der Waals surface area contributed by atoms with E-state index in [2.05, 4.69) is 54.6 Å². The molecule has 3 aromatic rings. The van der Waals surface area contributed by atoms with Crippen LogP contribution in [0.25, 0.3) is 27.8 Å². The Labute approximate surface area is 175 Å². The molecule has 0 amide bonds. The van der Waals surface area contributed by atoms with Gasteiger partial charge in [-0.05, 0) is 58.4 Å². The average molecular weight is 395 g/mol. The van der Waals surface area contributed by atoms with Crippen LogP contribution in [0, 0.1) is 0 Å². The maximum absolute atomic E-state index is 13.3. The van der Waals surface area contributed by atoms with Crippen molar-refractivity contribution in [3.8, 4) is 22.3 Å². The van der Waals surface area contributed by atoms with Gasteiger partial charge in [0.1, 0.15) is 0 Å². The predicted molar refractivity (Wildman–Crippen MR) is 121 cm³/mol. The molecule has 0 unspecified atom stereocenters. The largest absolute Gasteiger partial charge is 0.289 e. The lowest BCUT2D eigenvalue weighted by Gasteiger charge is -2.09. The Morgan fingerprint density at radius 1 is 0.690 bits per heavy atom. The van der Waals surface area contributed by atoms with Gasteiger partial charge in [0.15, 0.2) is 5.78 Å². The van der Waals surface area contributed by atoms with Crippen LogP contribution in [-0.4, -0.2) is 5.78 Å². The van der Waals surface area contributed by atoms with E-state index in [-0.39, 0.29) is 5.78 Å². The molecule has 2 aliphatic carbocycles. The van der Waals surface area contributed by atoms with E-state index in [9.17, 15) is 4.79 Å². The average Bonchev–Trinajstić information content (AvgIpc) is 2.99. The lowest BCUT2D eigenvalue weighted by atomic mass is 9.94. The summed E-state index contributed by atoms with van der Waals surface area (Å²) in [4.78, 5) is 13.3. The Morgan fingerprint density at radius 2 is 1.34 bits per heavy atom. The molecular formula is C27H19ClO. The zero-order chi connectivity index (χ0) is 19.8. The fraction of sp³-hybridized carbons (Fsp3) is 0.0741. The Bertz CT molecular complexity index is 1190. The van der Waals surface area contributed by atoms with Crippen LogP contribution in [0.5, 0.6) is 0 Å². The van der Waals surface area contributed by atoms with Crippen LogP contribution in [-0.2, 0) is 0 Å². The summed E-state index contributed by atoms with van der Waals surface area (Å²) in [6, 6.07) is 22.4. The van der Waals surface area contributed by atoms with Crippen LogP contribution in [0.1, 0.15) is 28.8 Å². The van der Waals surface area contributed by atoms with Gasteiger partial charge in [0.25, 0.3) is 0 Å². The molecule has 140 valence electrons. The maximum Gasteiger partial charge on any atom is 0.194 e. The normalized spacial score (nSPS) is 19.8. The molecule has 0 radical (unpaired) electrons. The Kier molecular flexibility index (Phi) is 4.54. The van der Waals surface area contributed by atoms with Crippen LogP contribution in [0.3, 0.4) is 0 Å². The molecule has 3 aromatic carbocycles. The Hall–Kier alpha value is -3.16. The lowest BCUT2D eigenvalue weighted by Crippen LogP contribution is -1.98. The number of carbonyl (C=O) groups is 1.